The van der Waals surface area contributed by atoms with E-state index in [9.17, 15) is 9.90 Å². The Bertz CT molecular complexity index is 830. The number of aliphatic hydroxyl groups excluding tert-OH is 1. The van der Waals surface area contributed by atoms with Gasteiger partial charge < -0.3 is 14.7 Å². The van der Waals surface area contributed by atoms with Gasteiger partial charge in [0.2, 0.25) is 6.41 Å². The van der Waals surface area contributed by atoms with E-state index in [-0.39, 0.29) is 6.61 Å². The molecule has 0 saturated carbocycles. The summed E-state index contributed by atoms with van der Waals surface area (Å²) in [7, 11) is 1.93. The monoisotopic (exact) mass is 414 g/mol. The molecule has 0 aliphatic rings. The molecule has 164 valence electrons. The molecule has 0 aliphatic carbocycles. The number of carbonyl (C=O) groups excluding carboxylic acids is 1. The molecule has 0 saturated heterocycles. The molecule has 7 heteroatoms. The SMILES string of the molecule is C=C(c1c(N(C=O)CCC)nc(OCC)n1Cc1ccc(C)cc1)N(C)CCCO. The first-order valence-corrected chi connectivity index (χ1v) is 10.5. The average molecular weight is 415 g/mol. The van der Waals surface area contributed by atoms with Gasteiger partial charge in [0.15, 0.2) is 5.82 Å². The van der Waals surface area contributed by atoms with Crippen LogP contribution in [-0.2, 0) is 11.3 Å². The van der Waals surface area contributed by atoms with Gasteiger partial charge in [-0.15, -0.1) is 0 Å². The zero-order chi connectivity index (χ0) is 22.1. The van der Waals surface area contributed by atoms with E-state index in [1.165, 1.54) is 5.56 Å². The topological polar surface area (TPSA) is 70.8 Å². The first-order chi connectivity index (χ1) is 14.5. The van der Waals surface area contributed by atoms with Crippen LogP contribution in [0, 0.1) is 6.92 Å². The van der Waals surface area contributed by atoms with Gasteiger partial charge in [-0.05, 0) is 32.3 Å². The van der Waals surface area contributed by atoms with Crippen molar-refractivity contribution in [3.05, 3.63) is 47.7 Å². The molecule has 0 fully saturated rings. The largest absolute Gasteiger partial charge is 0.465 e. The molecule has 0 unspecified atom stereocenters. The molecule has 0 spiro atoms. The quantitative estimate of drug-likeness (QED) is 0.509. The van der Waals surface area contributed by atoms with Crippen molar-refractivity contribution in [3.8, 4) is 6.01 Å². The lowest BCUT2D eigenvalue weighted by Crippen LogP contribution is -2.26. The number of hydrogen-bond acceptors (Lipinski definition) is 5. The van der Waals surface area contributed by atoms with E-state index in [2.05, 4.69) is 42.8 Å². The molecular formula is C23H34N4O3. The van der Waals surface area contributed by atoms with E-state index < -0.39 is 0 Å². The molecule has 30 heavy (non-hydrogen) atoms. The fourth-order valence-corrected chi connectivity index (χ4v) is 3.24. The standard InChI is InChI=1S/C23H34N4O3/c1-6-13-26(17-29)22-21(19(4)25(5)14-8-15-28)27(23(24-22)30-7-2)16-20-11-9-18(3)10-12-20/h9-12,17,28H,4,6-8,13-16H2,1-3,5H3. The Morgan fingerprint density at radius 1 is 1.27 bits per heavy atom. The van der Waals surface area contributed by atoms with Crippen molar-refractivity contribution in [1.82, 2.24) is 14.5 Å². The minimum atomic E-state index is 0.105. The highest BCUT2D eigenvalue weighted by atomic mass is 16.5. The van der Waals surface area contributed by atoms with Gasteiger partial charge in [-0.2, -0.15) is 4.98 Å². The number of carbonyl (C=O) groups is 1. The van der Waals surface area contributed by atoms with Gasteiger partial charge in [0, 0.05) is 26.7 Å². The van der Waals surface area contributed by atoms with Crippen LogP contribution in [-0.4, -0.2) is 59.3 Å². The van der Waals surface area contributed by atoms with E-state index >= 15 is 0 Å². The molecule has 1 aromatic carbocycles. The summed E-state index contributed by atoms with van der Waals surface area (Å²) in [6.45, 7) is 12.6. The molecule has 7 nitrogen and oxygen atoms in total. The Labute approximate surface area is 179 Å². The molecule has 0 bridgehead atoms. The van der Waals surface area contributed by atoms with Gasteiger partial charge in [0.1, 0.15) is 5.69 Å². The number of hydrogen-bond donors (Lipinski definition) is 1. The lowest BCUT2D eigenvalue weighted by atomic mass is 10.1. The van der Waals surface area contributed by atoms with Crippen molar-refractivity contribution in [2.75, 3.05) is 38.3 Å². The van der Waals surface area contributed by atoms with Crippen LogP contribution in [0.25, 0.3) is 5.70 Å². The summed E-state index contributed by atoms with van der Waals surface area (Å²) < 4.78 is 7.83. The third-order valence-electron chi connectivity index (χ3n) is 4.90. The maximum absolute atomic E-state index is 11.8. The van der Waals surface area contributed by atoms with E-state index in [0.29, 0.717) is 44.5 Å². The van der Waals surface area contributed by atoms with Crippen LogP contribution in [0.15, 0.2) is 30.8 Å². The Morgan fingerprint density at radius 3 is 2.53 bits per heavy atom. The van der Waals surface area contributed by atoms with Gasteiger partial charge in [-0.1, -0.05) is 43.3 Å². The molecule has 1 heterocycles. The number of anilines is 1. The van der Waals surface area contributed by atoms with Crippen LogP contribution in [0.3, 0.4) is 0 Å². The van der Waals surface area contributed by atoms with Gasteiger partial charge in [-0.3, -0.25) is 14.3 Å². The second kappa shape index (κ2) is 11.4. The summed E-state index contributed by atoms with van der Waals surface area (Å²) in [6, 6.07) is 8.77. The predicted molar refractivity (Wildman–Crippen MR) is 121 cm³/mol. The number of amides is 1. The predicted octanol–water partition coefficient (Wildman–Crippen LogP) is 3.30. The summed E-state index contributed by atoms with van der Waals surface area (Å²) in [4.78, 5) is 20.1. The van der Waals surface area contributed by atoms with Crippen molar-refractivity contribution < 1.29 is 14.6 Å². The average Bonchev–Trinajstić information content (AvgIpc) is 3.09. The first-order valence-electron chi connectivity index (χ1n) is 10.5. The molecule has 1 N–H and O–H groups in total. The highest BCUT2D eigenvalue weighted by molar-refractivity contribution is 5.81. The summed E-state index contributed by atoms with van der Waals surface area (Å²) >= 11 is 0. The maximum atomic E-state index is 11.8. The number of aromatic nitrogens is 2. The second-order valence-electron chi connectivity index (χ2n) is 7.32. The summed E-state index contributed by atoms with van der Waals surface area (Å²) in [5.41, 5.74) is 3.77. The number of aliphatic hydroxyl groups is 1. The smallest absolute Gasteiger partial charge is 0.299 e. The number of aryl methyl sites for hydroxylation is 1. The summed E-state index contributed by atoms with van der Waals surface area (Å²) in [6.07, 6.45) is 2.24. The number of ether oxygens (including phenoxy) is 1. The van der Waals surface area contributed by atoms with E-state index in [1.54, 1.807) is 4.90 Å². The third-order valence-corrected chi connectivity index (χ3v) is 4.90. The van der Waals surface area contributed by atoms with Crippen LogP contribution in [0.2, 0.25) is 0 Å². The minimum absolute atomic E-state index is 0.105. The van der Waals surface area contributed by atoms with Gasteiger partial charge in [0.25, 0.3) is 6.01 Å². The minimum Gasteiger partial charge on any atom is -0.465 e. The number of nitrogens with zero attached hydrogens (tertiary/aromatic N) is 4. The summed E-state index contributed by atoms with van der Waals surface area (Å²) in [5, 5.41) is 9.22. The Kier molecular flexibility index (Phi) is 8.92. The van der Waals surface area contributed by atoms with E-state index in [4.69, 9.17) is 4.74 Å². The lowest BCUT2D eigenvalue weighted by Gasteiger charge is -2.25. The Morgan fingerprint density at radius 2 is 1.97 bits per heavy atom. The zero-order valence-electron chi connectivity index (χ0n) is 18.6. The van der Waals surface area contributed by atoms with Crippen LogP contribution in [0.1, 0.15) is 43.5 Å². The van der Waals surface area contributed by atoms with Crippen molar-refractivity contribution in [1.29, 1.82) is 0 Å². The molecule has 0 aliphatic heterocycles. The van der Waals surface area contributed by atoms with E-state index in [1.807, 2.05) is 30.4 Å². The van der Waals surface area contributed by atoms with Crippen molar-refractivity contribution in [2.24, 2.45) is 0 Å². The fraction of sp³-hybridized carbons (Fsp3) is 0.478. The molecule has 0 atom stereocenters. The number of rotatable bonds is 13. The normalized spacial score (nSPS) is 10.7. The molecular weight excluding hydrogens is 380 g/mol. The number of benzene rings is 1. The van der Waals surface area contributed by atoms with Gasteiger partial charge in [-0.25, -0.2) is 0 Å². The van der Waals surface area contributed by atoms with Gasteiger partial charge >= 0.3 is 0 Å². The molecule has 1 amide bonds. The maximum Gasteiger partial charge on any atom is 0.299 e. The zero-order valence-corrected chi connectivity index (χ0v) is 18.6. The van der Waals surface area contributed by atoms with Crippen molar-refractivity contribution >= 4 is 17.9 Å². The van der Waals surface area contributed by atoms with Crippen LogP contribution in [0.5, 0.6) is 6.01 Å². The van der Waals surface area contributed by atoms with Crippen LogP contribution in [0.4, 0.5) is 5.82 Å². The molecule has 2 rings (SSSR count). The molecule has 1 aromatic heterocycles. The molecule has 2 aromatic rings. The summed E-state index contributed by atoms with van der Waals surface area (Å²) in [5.74, 6) is 0.545. The second-order valence-corrected chi connectivity index (χ2v) is 7.32. The highest BCUT2D eigenvalue weighted by Gasteiger charge is 2.26. The lowest BCUT2D eigenvalue weighted by molar-refractivity contribution is -0.107. The highest BCUT2D eigenvalue weighted by Crippen LogP contribution is 2.33. The van der Waals surface area contributed by atoms with Crippen LogP contribution >= 0.6 is 0 Å². The fourth-order valence-electron chi connectivity index (χ4n) is 3.24. The van der Waals surface area contributed by atoms with Crippen molar-refractivity contribution in [3.63, 3.8) is 0 Å². The van der Waals surface area contributed by atoms with E-state index in [0.717, 1.165) is 29.8 Å². The van der Waals surface area contributed by atoms with Crippen LogP contribution < -0.4 is 9.64 Å². The van der Waals surface area contributed by atoms with Gasteiger partial charge in [0.05, 0.1) is 18.8 Å². The third kappa shape index (κ3) is 5.63. The number of imidazole rings is 1. The van der Waals surface area contributed by atoms with Crippen molar-refractivity contribution in [2.45, 2.75) is 40.2 Å². The Hall–Kier alpha value is -2.80. The molecule has 0 radical (unpaired) electrons. The Balaban J connectivity index is 2.59. The first kappa shape index (κ1) is 23.5.